The van der Waals surface area contributed by atoms with Crippen LogP contribution in [0.25, 0.3) is 5.69 Å². The van der Waals surface area contributed by atoms with Gasteiger partial charge in [-0.15, -0.1) is 5.10 Å². The van der Waals surface area contributed by atoms with E-state index in [4.69, 9.17) is 11.6 Å². The van der Waals surface area contributed by atoms with E-state index in [1.54, 1.807) is 16.8 Å². The van der Waals surface area contributed by atoms with Crippen LogP contribution < -0.4 is 5.32 Å². The maximum absolute atomic E-state index is 12.2. The van der Waals surface area contributed by atoms with E-state index in [1.165, 1.54) is 11.8 Å². The molecule has 1 aromatic heterocycles. The molecule has 0 saturated carbocycles. The molecular formula is C17H16ClN5OS. The molecule has 0 aliphatic heterocycles. The second-order valence-corrected chi connectivity index (χ2v) is 6.72. The van der Waals surface area contributed by atoms with E-state index < -0.39 is 0 Å². The van der Waals surface area contributed by atoms with Crippen LogP contribution in [0, 0.1) is 0 Å². The second kappa shape index (κ2) is 8.13. The molecule has 0 spiro atoms. The van der Waals surface area contributed by atoms with Crippen LogP contribution >= 0.6 is 23.4 Å². The molecule has 1 N–H and O–H groups in total. The number of hydrogen-bond donors (Lipinski definition) is 1. The molecule has 25 heavy (non-hydrogen) atoms. The van der Waals surface area contributed by atoms with Gasteiger partial charge in [0.15, 0.2) is 0 Å². The van der Waals surface area contributed by atoms with Gasteiger partial charge in [-0.25, -0.2) is 0 Å². The van der Waals surface area contributed by atoms with E-state index in [9.17, 15) is 4.79 Å². The van der Waals surface area contributed by atoms with Crippen molar-refractivity contribution in [2.75, 3.05) is 5.75 Å². The predicted molar refractivity (Wildman–Crippen MR) is 97.9 cm³/mol. The Morgan fingerprint density at radius 2 is 1.92 bits per heavy atom. The summed E-state index contributed by atoms with van der Waals surface area (Å²) in [4.78, 5) is 12.2. The lowest BCUT2D eigenvalue weighted by molar-refractivity contribution is -0.119. The summed E-state index contributed by atoms with van der Waals surface area (Å²) < 4.78 is 1.58. The largest absolute Gasteiger partial charge is 0.349 e. The number of rotatable bonds is 6. The molecule has 6 nitrogen and oxygen atoms in total. The summed E-state index contributed by atoms with van der Waals surface area (Å²) in [5.74, 6) is 0.150. The zero-order valence-corrected chi connectivity index (χ0v) is 15.0. The van der Waals surface area contributed by atoms with Crippen molar-refractivity contribution in [2.24, 2.45) is 0 Å². The SMILES string of the molecule is CC(NC(=O)CSc1nnnn1-c1ccc(Cl)cc1)c1ccccc1. The molecular weight excluding hydrogens is 358 g/mol. The minimum absolute atomic E-state index is 0.0541. The fraction of sp³-hybridized carbons (Fsp3) is 0.176. The standard InChI is InChI=1S/C17H16ClN5OS/c1-12(13-5-3-2-4-6-13)19-16(24)11-25-17-20-21-22-23(17)15-9-7-14(18)8-10-15/h2-10,12H,11H2,1H3,(H,19,24). The van der Waals surface area contributed by atoms with Gasteiger partial charge in [-0.1, -0.05) is 53.7 Å². The number of carbonyl (C=O) groups excluding carboxylic acids is 1. The van der Waals surface area contributed by atoms with E-state index in [2.05, 4.69) is 20.8 Å². The number of benzene rings is 2. The molecule has 128 valence electrons. The first-order chi connectivity index (χ1) is 12.1. The zero-order valence-electron chi connectivity index (χ0n) is 13.5. The minimum Gasteiger partial charge on any atom is -0.349 e. The van der Waals surface area contributed by atoms with Crippen molar-refractivity contribution in [3.8, 4) is 5.69 Å². The summed E-state index contributed by atoms with van der Waals surface area (Å²) in [6.45, 7) is 1.95. The van der Waals surface area contributed by atoms with Crippen molar-refractivity contribution in [3.63, 3.8) is 0 Å². The quantitative estimate of drug-likeness (QED) is 0.671. The first kappa shape index (κ1) is 17.4. The number of aromatic nitrogens is 4. The topological polar surface area (TPSA) is 72.7 Å². The van der Waals surface area contributed by atoms with Crippen LogP contribution in [0.5, 0.6) is 0 Å². The van der Waals surface area contributed by atoms with E-state index in [0.717, 1.165) is 11.3 Å². The fourth-order valence-corrected chi connectivity index (χ4v) is 3.08. The van der Waals surface area contributed by atoms with E-state index >= 15 is 0 Å². The molecule has 0 radical (unpaired) electrons. The number of tetrazole rings is 1. The predicted octanol–water partition coefficient (Wildman–Crippen LogP) is 3.29. The van der Waals surface area contributed by atoms with E-state index in [1.807, 2.05) is 49.4 Å². The third-order valence-corrected chi connectivity index (χ3v) is 4.69. The van der Waals surface area contributed by atoms with Crippen LogP contribution in [0.1, 0.15) is 18.5 Å². The van der Waals surface area contributed by atoms with Gasteiger partial charge in [0.25, 0.3) is 0 Å². The lowest BCUT2D eigenvalue weighted by atomic mass is 10.1. The molecule has 0 fully saturated rings. The first-order valence-corrected chi connectivity index (χ1v) is 9.01. The van der Waals surface area contributed by atoms with Gasteiger partial charge in [0, 0.05) is 5.02 Å². The summed E-state index contributed by atoms with van der Waals surface area (Å²) in [7, 11) is 0. The third-order valence-electron chi connectivity index (χ3n) is 3.52. The average molecular weight is 374 g/mol. The molecule has 1 heterocycles. The number of nitrogens with one attached hydrogen (secondary N) is 1. The number of hydrogen-bond acceptors (Lipinski definition) is 5. The molecule has 8 heteroatoms. The molecule has 0 aliphatic rings. The van der Waals surface area contributed by atoms with Crippen LogP contribution in [-0.2, 0) is 4.79 Å². The van der Waals surface area contributed by atoms with Crippen molar-refractivity contribution in [2.45, 2.75) is 18.1 Å². The van der Waals surface area contributed by atoms with Crippen molar-refractivity contribution >= 4 is 29.3 Å². The highest BCUT2D eigenvalue weighted by Gasteiger charge is 2.13. The molecule has 3 rings (SSSR count). The minimum atomic E-state index is -0.0768. The molecule has 0 aliphatic carbocycles. The second-order valence-electron chi connectivity index (χ2n) is 5.34. The van der Waals surface area contributed by atoms with Crippen LogP contribution in [0.15, 0.2) is 59.8 Å². The molecule has 1 unspecified atom stereocenters. The number of amides is 1. The van der Waals surface area contributed by atoms with Gasteiger partial charge >= 0.3 is 0 Å². The number of nitrogens with zero attached hydrogens (tertiary/aromatic N) is 4. The Morgan fingerprint density at radius 3 is 2.64 bits per heavy atom. The number of thioether (sulfide) groups is 1. The van der Waals surface area contributed by atoms with Crippen molar-refractivity contribution in [3.05, 3.63) is 65.2 Å². The first-order valence-electron chi connectivity index (χ1n) is 7.65. The van der Waals surface area contributed by atoms with Gasteiger partial charge < -0.3 is 5.32 Å². The van der Waals surface area contributed by atoms with Gasteiger partial charge in [-0.3, -0.25) is 4.79 Å². The third kappa shape index (κ3) is 4.58. The van der Waals surface area contributed by atoms with Crippen molar-refractivity contribution in [1.29, 1.82) is 0 Å². The Kier molecular flexibility index (Phi) is 5.67. The Balaban J connectivity index is 1.60. The maximum atomic E-state index is 12.2. The monoisotopic (exact) mass is 373 g/mol. The molecule has 2 aromatic carbocycles. The van der Waals surface area contributed by atoms with E-state index in [0.29, 0.717) is 10.2 Å². The van der Waals surface area contributed by atoms with Gasteiger partial charge in [0.2, 0.25) is 11.1 Å². The van der Waals surface area contributed by atoms with Gasteiger partial charge in [0.1, 0.15) is 0 Å². The summed E-state index contributed by atoms with van der Waals surface area (Å²) in [5.41, 5.74) is 1.85. The Bertz CT molecular complexity index is 838. The summed E-state index contributed by atoms with van der Waals surface area (Å²) in [6, 6.07) is 16.9. The Labute approximate surface area is 154 Å². The van der Waals surface area contributed by atoms with Crippen molar-refractivity contribution in [1.82, 2.24) is 25.5 Å². The lowest BCUT2D eigenvalue weighted by Crippen LogP contribution is -2.28. The summed E-state index contributed by atoms with van der Waals surface area (Å²) >= 11 is 7.18. The normalized spacial score (nSPS) is 11.9. The van der Waals surface area contributed by atoms with Gasteiger partial charge in [0.05, 0.1) is 17.5 Å². The molecule has 1 amide bonds. The molecule has 0 bridgehead atoms. The highest BCUT2D eigenvalue weighted by molar-refractivity contribution is 7.99. The molecule has 0 saturated heterocycles. The highest BCUT2D eigenvalue weighted by atomic mass is 35.5. The number of carbonyl (C=O) groups is 1. The summed E-state index contributed by atoms with van der Waals surface area (Å²) in [6.07, 6.45) is 0. The van der Waals surface area contributed by atoms with Crippen LogP contribution in [0.4, 0.5) is 0 Å². The molecule has 3 aromatic rings. The van der Waals surface area contributed by atoms with Crippen LogP contribution in [-0.4, -0.2) is 31.9 Å². The zero-order chi connectivity index (χ0) is 17.6. The number of halogens is 1. The van der Waals surface area contributed by atoms with Crippen LogP contribution in [0.2, 0.25) is 5.02 Å². The molecule has 1 atom stereocenters. The van der Waals surface area contributed by atoms with Gasteiger partial charge in [-0.2, -0.15) is 4.68 Å². The highest BCUT2D eigenvalue weighted by Crippen LogP contribution is 2.20. The van der Waals surface area contributed by atoms with E-state index in [-0.39, 0.29) is 17.7 Å². The smallest absolute Gasteiger partial charge is 0.230 e. The fourth-order valence-electron chi connectivity index (χ4n) is 2.25. The van der Waals surface area contributed by atoms with Crippen LogP contribution in [0.3, 0.4) is 0 Å². The van der Waals surface area contributed by atoms with Crippen molar-refractivity contribution < 1.29 is 4.79 Å². The summed E-state index contributed by atoms with van der Waals surface area (Å²) in [5, 5.41) is 15.8. The Morgan fingerprint density at radius 1 is 1.20 bits per heavy atom. The lowest BCUT2D eigenvalue weighted by Gasteiger charge is -2.13. The average Bonchev–Trinajstić information content (AvgIpc) is 3.10. The van der Waals surface area contributed by atoms with Gasteiger partial charge in [-0.05, 0) is 47.2 Å². The maximum Gasteiger partial charge on any atom is 0.230 e. The Hall–Kier alpha value is -2.38.